The molecule has 1 aromatic carbocycles. The number of anilines is 2. The van der Waals surface area contributed by atoms with Gasteiger partial charge in [0.1, 0.15) is 0 Å². The molecule has 0 radical (unpaired) electrons. The molecule has 0 unspecified atom stereocenters. The smallest absolute Gasteiger partial charge is 0.378 e. The molecule has 2 aromatic rings. The zero-order chi connectivity index (χ0) is 19.4. The standard InChI is InChI=1S/C18H21F3N4O2/c1-13-11-22-25(12-13)5-4-17(26)23-16-3-2-14(10-15(16)18(19,20)21)24-6-8-27-9-7-24/h2-3,10-12H,4-9H2,1H3,(H,23,26). The third kappa shape index (κ3) is 5.00. The van der Waals surface area contributed by atoms with Crippen molar-refractivity contribution in [1.29, 1.82) is 0 Å². The van der Waals surface area contributed by atoms with E-state index >= 15 is 0 Å². The molecule has 1 aliphatic rings. The Morgan fingerprint density at radius 3 is 2.67 bits per heavy atom. The van der Waals surface area contributed by atoms with Gasteiger partial charge in [0.25, 0.3) is 0 Å². The Morgan fingerprint density at radius 2 is 2.04 bits per heavy atom. The number of hydrogen-bond acceptors (Lipinski definition) is 4. The highest BCUT2D eigenvalue weighted by molar-refractivity contribution is 5.92. The SMILES string of the molecule is Cc1cnn(CCC(=O)Nc2ccc(N3CCOCC3)cc2C(F)(F)F)c1. The summed E-state index contributed by atoms with van der Waals surface area (Å²) in [5, 5.41) is 6.44. The summed E-state index contributed by atoms with van der Waals surface area (Å²) < 4.78 is 47.3. The minimum atomic E-state index is -4.57. The molecule has 1 amide bonds. The van der Waals surface area contributed by atoms with Gasteiger partial charge in [-0.1, -0.05) is 0 Å². The molecule has 0 aliphatic carbocycles. The van der Waals surface area contributed by atoms with Crippen LogP contribution in [0.4, 0.5) is 24.5 Å². The summed E-state index contributed by atoms with van der Waals surface area (Å²) in [6.07, 6.45) is -1.11. The summed E-state index contributed by atoms with van der Waals surface area (Å²) in [5.74, 6) is -0.493. The van der Waals surface area contributed by atoms with Crippen molar-refractivity contribution < 1.29 is 22.7 Å². The lowest BCUT2D eigenvalue weighted by Crippen LogP contribution is -2.36. The first-order valence-electron chi connectivity index (χ1n) is 8.66. The molecule has 0 saturated carbocycles. The fourth-order valence-electron chi connectivity index (χ4n) is 2.91. The molecule has 1 saturated heterocycles. The Balaban J connectivity index is 1.72. The minimum absolute atomic E-state index is 0.0314. The van der Waals surface area contributed by atoms with Crippen LogP contribution in [-0.4, -0.2) is 42.0 Å². The van der Waals surface area contributed by atoms with Gasteiger partial charge in [0.05, 0.1) is 30.7 Å². The van der Waals surface area contributed by atoms with Gasteiger partial charge in [-0.15, -0.1) is 0 Å². The van der Waals surface area contributed by atoms with E-state index in [9.17, 15) is 18.0 Å². The Hall–Kier alpha value is -2.55. The average Bonchev–Trinajstić information content (AvgIpc) is 3.05. The zero-order valence-electron chi connectivity index (χ0n) is 14.9. The molecular weight excluding hydrogens is 361 g/mol. The first-order chi connectivity index (χ1) is 12.8. The third-order valence-electron chi connectivity index (χ3n) is 4.29. The first-order valence-corrected chi connectivity index (χ1v) is 8.66. The van der Waals surface area contributed by atoms with E-state index in [0.717, 1.165) is 11.6 Å². The summed E-state index contributed by atoms with van der Waals surface area (Å²) in [5.41, 5.74) is 0.333. The van der Waals surface area contributed by atoms with Gasteiger partial charge in [-0.25, -0.2) is 0 Å². The van der Waals surface area contributed by atoms with Crippen LogP contribution in [0.2, 0.25) is 0 Å². The molecule has 9 heteroatoms. The number of nitrogens with one attached hydrogen (secondary N) is 1. The van der Waals surface area contributed by atoms with Crippen LogP contribution in [0.3, 0.4) is 0 Å². The Morgan fingerprint density at radius 1 is 1.30 bits per heavy atom. The maximum Gasteiger partial charge on any atom is 0.418 e. The lowest BCUT2D eigenvalue weighted by molar-refractivity contribution is -0.136. The number of aryl methyl sites for hydroxylation is 2. The van der Waals surface area contributed by atoms with Crippen LogP contribution in [0.5, 0.6) is 0 Å². The van der Waals surface area contributed by atoms with E-state index in [2.05, 4.69) is 10.4 Å². The minimum Gasteiger partial charge on any atom is -0.378 e. The second-order valence-electron chi connectivity index (χ2n) is 6.41. The highest BCUT2D eigenvalue weighted by Crippen LogP contribution is 2.37. The number of carbonyl (C=O) groups excluding carboxylic acids is 1. The van der Waals surface area contributed by atoms with E-state index in [4.69, 9.17) is 4.74 Å². The van der Waals surface area contributed by atoms with Crippen LogP contribution in [-0.2, 0) is 22.3 Å². The number of halogens is 3. The predicted molar refractivity (Wildman–Crippen MR) is 94.7 cm³/mol. The second-order valence-corrected chi connectivity index (χ2v) is 6.41. The van der Waals surface area contributed by atoms with Crippen molar-refractivity contribution in [2.24, 2.45) is 0 Å². The number of morpholine rings is 1. The number of ether oxygens (including phenoxy) is 1. The highest BCUT2D eigenvalue weighted by Gasteiger charge is 2.34. The number of alkyl halides is 3. The van der Waals surface area contributed by atoms with Gasteiger partial charge in [0.2, 0.25) is 5.91 Å². The molecule has 1 aliphatic heterocycles. The van der Waals surface area contributed by atoms with E-state index in [1.807, 2.05) is 11.8 Å². The van der Waals surface area contributed by atoms with Gasteiger partial charge in [0.15, 0.2) is 0 Å². The lowest BCUT2D eigenvalue weighted by Gasteiger charge is -2.29. The quantitative estimate of drug-likeness (QED) is 0.864. The molecule has 0 bridgehead atoms. The largest absolute Gasteiger partial charge is 0.418 e. The van der Waals surface area contributed by atoms with Gasteiger partial charge < -0.3 is 15.0 Å². The van der Waals surface area contributed by atoms with E-state index in [1.165, 1.54) is 6.07 Å². The lowest BCUT2D eigenvalue weighted by atomic mass is 10.1. The Bertz CT molecular complexity index is 798. The van der Waals surface area contributed by atoms with E-state index in [0.29, 0.717) is 38.5 Å². The molecule has 146 valence electrons. The van der Waals surface area contributed by atoms with Crippen LogP contribution in [0.15, 0.2) is 30.6 Å². The molecule has 1 fully saturated rings. The highest BCUT2D eigenvalue weighted by atomic mass is 19.4. The summed E-state index contributed by atoms with van der Waals surface area (Å²) >= 11 is 0. The van der Waals surface area contributed by atoms with Gasteiger partial charge in [-0.05, 0) is 30.7 Å². The molecule has 0 spiro atoms. The number of amides is 1. The van der Waals surface area contributed by atoms with E-state index < -0.39 is 17.6 Å². The number of nitrogens with zero attached hydrogens (tertiary/aromatic N) is 3. The van der Waals surface area contributed by atoms with Crippen LogP contribution in [0.25, 0.3) is 0 Å². The number of rotatable bonds is 5. The van der Waals surface area contributed by atoms with Crippen LogP contribution < -0.4 is 10.2 Å². The number of aromatic nitrogens is 2. The fraction of sp³-hybridized carbons (Fsp3) is 0.444. The molecule has 1 N–H and O–H groups in total. The van der Waals surface area contributed by atoms with Crippen molar-refractivity contribution in [3.63, 3.8) is 0 Å². The van der Waals surface area contributed by atoms with Gasteiger partial charge in [-0.3, -0.25) is 9.48 Å². The van der Waals surface area contributed by atoms with Crippen molar-refractivity contribution in [2.45, 2.75) is 26.1 Å². The van der Waals surface area contributed by atoms with Crippen LogP contribution in [0.1, 0.15) is 17.5 Å². The molecule has 1 aromatic heterocycles. The van der Waals surface area contributed by atoms with Crippen LogP contribution >= 0.6 is 0 Å². The maximum absolute atomic E-state index is 13.5. The van der Waals surface area contributed by atoms with Gasteiger partial charge in [0, 0.05) is 37.9 Å². The Labute approximate surface area is 154 Å². The van der Waals surface area contributed by atoms with E-state index in [-0.39, 0.29) is 12.1 Å². The maximum atomic E-state index is 13.5. The van der Waals surface area contributed by atoms with E-state index in [1.54, 1.807) is 23.1 Å². The number of benzene rings is 1. The Kier molecular flexibility index (Phi) is 5.69. The second kappa shape index (κ2) is 7.99. The average molecular weight is 382 g/mol. The monoisotopic (exact) mass is 382 g/mol. The summed E-state index contributed by atoms with van der Waals surface area (Å²) in [4.78, 5) is 13.9. The van der Waals surface area contributed by atoms with Gasteiger partial charge >= 0.3 is 6.18 Å². The fourth-order valence-corrected chi connectivity index (χ4v) is 2.91. The first kappa shape index (κ1) is 19.2. The van der Waals surface area contributed by atoms with Crippen molar-refractivity contribution in [2.75, 3.05) is 36.5 Å². The van der Waals surface area contributed by atoms with Crippen molar-refractivity contribution >= 4 is 17.3 Å². The zero-order valence-corrected chi connectivity index (χ0v) is 14.9. The summed E-state index contributed by atoms with van der Waals surface area (Å²) in [6, 6.07) is 3.98. The third-order valence-corrected chi connectivity index (χ3v) is 4.29. The molecule has 3 rings (SSSR count). The topological polar surface area (TPSA) is 59.4 Å². The molecule has 2 heterocycles. The molecule has 6 nitrogen and oxygen atoms in total. The molecule has 0 atom stereocenters. The van der Waals surface area contributed by atoms with Crippen molar-refractivity contribution in [3.05, 3.63) is 41.7 Å². The predicted octanol–water partition coefficient (Wildman–Crippen LogP) is 3.08. The summed E-state index contributed by atoms with van der Waals surface area (Å²) in [6.45, 7) is 4.19. The summed E-state index contributed by atoms with van der Waals surface area (Å²) in [7, 11) is 0. The van der Waals surface area contributed by atoms with Gasteiger partial charge in [-0.2, -0.15) is 18.3 Å². The normalized spacial score (nSPS) is 15.0. The van der Waals surface area contributed by atoms with Crippen molar-refractivity contribution in [1.82, 2.24) is 9.78 Å². The molecule has 27 heavy (non-hydrogen) atoms. The number of carbonyl (C=O) groups is 1. The number of hydrogen-bond donors (Lipinski definition) is 1. The molecular formula is C18H21F3N4O2. The van der Waals surface area contributed by atoms with Crippen molar-refractivity contribution in [3.8, 4) is 0 Å². The van der Waals surface area contributed by atoms with Crippen LogP contribution in [0, 0.1) is 6.92 Å².